The van der Waals surface area contributed by atoms with E-state index >= 15 is 0 Å². The van der Waals surface area contributed by atoms with Gasteiger partial charge in [0.2, 0.25) is 0 Å². The van der Waals surface area contributed by atoms with Crippen LogP contribution in [0.1, 0.15) is 10.4 Å². The monoisotopic (exact) mass is 455 g/mol. The van der Waals surface area contributed by atoms with Gasteiger partial charge in [-0.05, 0) is 41.8 Å². The maximum absolute atomic E-state index is 13.4. The summed E-state index contributed by atoms with van der Waals surface area (Å²) < 4.78 is 8.16. The molecule has 7 heteroatoms. The van der Waals surface area contributed by atoms with Gasteiger partial charge in [0, 0.05) is 5.39 Å². The number of hydrogen-bond acceptors (Lipinski definition) is 5. The molecule has 3 heterocycles. The standard InChI is InChI=1S/C25H17N3O2S2/c1-3-12-28-21-11-10-16(30-2)14-23(21)32-25(28)27-24(29)18-15-20(22-9-6-13-31-22)26-19-8-5-4-7-17(18)19/h1,4-11,13-15H,12H2,2H3. The van der Waals surface area contributed by atoms with E-state index in [1.54, 1.807) is 18.4 Å². The van der Waals surface area contributed by atoms with Gasteiger partial charge in [0.05, 0.1) is 45.5 Å². The van der Waals surface area contributed by atoms with Crippen molar-refractivity contribution in [2.45, 2.75) is 6.54 Å². The first-order valence-corrected chi connectivity index (χ1v) is 11.5. The number of nitrogens with zero attached hydrogens (tertiary/aromatic N) is 3. The molecule has 0 fully saturated rings. The van der Waals surface area contributed by atoms with Crippen molar-refractivity contribution in [1.82, 2.24) is 9.55 Å². The number of para-hydroxylation sites is 1. The lowest BCUT2D eigenvalue weighted by atomic mass is 10.1. The van der Waals surface area contributed by atoms with Gasteiger partial charge in [-0.3, -0.25) is 4.79 Å². The number of carbonyl (C=O) groups is 1. The van der Waals surface area contributed by atoms with Crippen LogP contribution in [0, 0.1) is 12.3 Å². The van der Waals surface area contributed by atoms with Gasteiger partial charge in [0.25, 0.3) is 5.91 Å². The van der Waals surface area contributed by atoms with Crippen LogP contribution >= 0.6 is 22.7 Å². The Balaban J connectivity index is 1.70. The second-order valence-corrected chi connectivity index (χ2v) is 8.93. The zero-order chi connectivity index (χ0) is 22.1. The SMILES string of the molecule is C#CCn1c(=NC(=O)c2cc(-c3cccs3)nc3ccccc23)sc2cc(OC)ccc21. The number of pyridine rings is 1. The van der Waals surface area contributed by atoms with E-state index in [4.69, 9.17) is 16.1 Å². The number of terminal acetylenes is 1. The molecule has 0 radical (unpaired) electrons. The predicted molar refractivity (Wildman–Crippen MR) is 130 cm³/mol. The van der Waals surface area contributed by atoms with E-state index in [2.05, 4.69) is 10.9 Å². The average Bonchev–Trinajstić information content (AvgIpc) is 3.47. The van der Waals surface area contributed by atoms with Gasteiger partial charge in [-0.15, -0.1) is 17.8 Å². The van der Waals surface area contributed by atoms with Crippen LogP contribution in [0.2, 0.25) is 0 Å². The van der Waals surface area contributed by atoms with Crippen molar-refractivity contribution in [2.24, 2.45) is 4.99 Å². The van der Waals surface area contributed by atoms with E-state index in [0.717, 1.165) is 37.4 Å². The van der Waals surface area contributed by atoms with Crippen LogP contribution in [-0.4, -0.2) is 22.6 Å². The first-order chi connectivity index (χ1) is 15.7. The molecule has 0 aliphatic carbocycles. The average molecular weight is 456 g/mol. The molecule has 3 aromatic heterocycles. The van der Waals surface area contributed by atoms with Crippen LogP contribution in [0.25, 0.3) is 31.7 Å². The van der Waals surface area contributed by atoms with E-state index in [9.17, 15) is 4.79 Å². The van der Waals surface area contributed by atoms with Gasteiger partial charge in [-0.1, -0.05) is 41.5 Å². The highest BCUT2D eigenvalue weighted by molar-refractivity contribution is 7.16. The maximum Gasteiger partial charge on any atom is 0.280 e. The molecule has 2 aromatic carbocycles. The highest BCUT2D eigenvalue weighted by Gasteiger charge is 2.15. The normalized spacial score (nSPS) is 11.7. The molecule has 0 saturated heterocycles. The molecular formula is C25H17N3O2S2. The Kier molecular flexibility index (Phi) is 5.31. The summed E-state index contributed by atoms with van der Waals surface area (Å²) in [6.07, 6.45) is 5.60. The molecule has 32 heavy (non-hydrogen) atoms. The lowest BCUT2D eigenvalue weighted by Gasteiger charge is -2.06. The number of ether oxygens (including phenoxy) is 1. The summed E-state index contributed by atoms with van der Waals surface area (Å²) in [5.41, 5.74) is 2.95. The van der Waals surface area contributed by atoms with Crippen molar-refractivity contribution in [3.05, 3.63) is 76.4 Å². The van der Waals surface area contributed by atoms with Crippen LogP contribution in [-0.2, 0) is 6.54 Å². The number of thiophene rings is 1. The van der Waals surface area contributed by atoms with Gasteiger partial charge in [0.15, 0.2) is 4.80 Å². The number of rotatable bonds is 4. The number of benzene rings is 2. The molecule has 0 spiro atoms. The minimum Gasteiger partial charge on any atom is -0.497 e. The Morgan fingerprint density at radius 2 is 2.06 bits per heavy atom. The number of fused-ring (bicyclic) bond motifs is 2. The fourth-order valence-corrected chi connectivity index (χ4v) is 5.30. The van der Waals surface area contributed by atoms with Gasteiger partial charge in [0.1, 0.15) is 5.75 Å². The second-order valence-electron chi connectivity index (χ2n) is 6.98. The molecule has 1 amide bonds. The lowest BCUT2D eigenvalue weighted by molar-refractivity contribution is 0.0999. The van der Waals surface area contributed by atoms with Gasteiger partial charge in [-0.2, -0.15) is 4.99 Å². The summed E-state index contributed by atoms with van der Waals surface area (Å²) in [6, 6.07) is 19.1. The van der Waals surface area contributed by atoms with Crippen molar-refractivity contribution in [3.8, 4) is 28.7 Å². The van der Waals surface area contributed by atoms with E-state index in [0.29, 0.717) is 16.9 Å². The Bertz CT molecular complexity index is 1570. The van der Waals surface area contributed by atoms with Crippen LogP contribution in [0.15, 0.2) is 71.0 Å². The Morgan fingerprint density at radius 3 is 2.84 bits per heavy atom. The van der Waals surface area contributed by atoms with Gasteiger partial charge >= 0.3 is 0 Å². The summed E-state index contributed by atoms with van der Waals surface area (Å²) in [7, 11) is 1.62. The molecule has 0 bridgehead atoms. The van der Waals surface area contributed by atoms with Crippen LogP contribution in [0.5, 0.6) is 5.75 Å². The van der Waals surface area contributed by atoms with Crippen molar-refractivity contribution >= 4 is 49.7 Å². The third-order valence-corrected chi connectivity index (χ3v) is 6.99. The third kappa shape index (κ3) is 3.60. The number of thiazole rings is 1. The van der Waals surface area contributed by atoms with E-state index < -0.39 is 0 Å². The summed E-state index contributed by atoms with van der Waals surface area (Å²) in [5, 5.41) is 2.76. The molecule has 5 nitrogen and oxygen atoms in total. The van der Waals surface area contributed by atoms with Crippen LogP contribution in [0.4, 0.5) is 0 Å². The molecule has 0 N–H and O–H groups in total. The topological polar surface area (TPSA) is 56.5 Å². The number of methoxy groups -OCH3 is 1. The number of carbonyl (C=O) groups excluding carboxylic acids is 1. The summed E-state index contributed by atoms with van der Waals surface area (Å²) >= 11 is 2.99. The van der Waals surface area contributed by atoms with Gasteiger partial charge in [-0.25, -0.2) is 4.98 Å². The molecule has 0 aliphatic rings. The minimum atomic E-state index is -0.328. The maximum atomic E-state index is 13.4. The van der Waals surface area contributed by atoms with E-state index in [1.807, 2.05) is 70.6 Å². The van der Waals surface area contributed by atoms with Crippen molar-refractivity contribution < 1.29 is 9.53 Å². The molecule has 0 unspecified atom stereocenters. The largest absolute Gasteiger partial charge is 0.497 e. The van der Waals surface area contributed by atoms with Crippen LogP contribution in [0.3, 0.4) is 0 Å². The Hall–Kier alpha value is -3.73. The molecule has 5 aromatic rings. The Morgan fingerprint density at radius 1 is 1.19 bits per heavy atom. The molecular weight excluding hydrogens is 438 g/mol. The summed E-state index contributed by atoms with van der Waals surface area (Å²) in [5.74, 6) is 3.07. The summed E-state index contributed by atoms with van der Waals surface area (Å²) in [6.45, 7) is 0.315. The quantitative estimate of drug-likeness (QED) is 0.343. The first-order valence-electron chi connectivity index (χ1n) is 9.81. The number of amides is 1. The highest BCUT2D eigenvalue weighted by Crippen LogP contribution is 2.28. The summed E-state index contributed by atoms with van der Waals surface area (Å²) in [4.78, 5) is 24.2. The van der Waals surface area contributed by atoms with Crippen LogP contribution < -0.4 is 9.54 Å². The minimum absolute atomic E-state index is 0.315. The molecule has 5 rings (SSSR count). The molecule has 0 saturated carbocycles. The van der Waals surface area contributed by atoms with Gasteiger partial charge < -0.3 is 9.30 Å². The zero-order valence-corrected chi connectivity index (χ0v) is 18.7. The smallest absolute Gasteiger partial charge is 0.280 e. The zero-order valence-electron chi connectivity index (χ0n) is 17.1. The fraction of sp³-hybridized carbons (Fsp3) is 0.0800. The Labute approximate surface area is 192 Å². The molecule has 0 atom stereocenters. The first kappa shape index (κ1) is 20.2. The van der Waals surface area contributed by atoms with E-state index in [1.165, 1.54) is 11.3 Å². The number of aromatic nitrogens is 2. The second kappa shape index (κ2) is 8.42. The van der Waals surface area contributed by atoms with Crippen molar-refractivity contribution in [1.29, 1.82) is 0 Å². The third-order valence-electron chi connectivity index (χ3n) is 5.06. The molecule has 156 valence electrons. The predicted octanol–water partition coefficient (Wildman–Crippen LogP) is 5.36. The van der Waals surface area contributed by atoms with Crippen molar-refractivity contribution in [3.63, 3.8) is 0 Å². The highest BCUT2D eigenvalue weighted by atomic mass is 32.1. The van der Waals surface area contributed by atoms with E-state index in [-0.39, 0.29) is 5.91 Å². The number of hydrogen-bond donors (Lipinski definition) is 0. The molecule has 0 aliphatic heterocycles. The van der Waals surface area contributed by atoms with Crippen molar-refractivity contribution in [2.75, 3.05) is 7.11 Å². The lowest BCUT2D eigenvalue weighted by Crippen LogP contribution is -2.16. The fourth-order valence-electron chi connectivity index (χ4n) is 3.56.